The number of rotatable bonds is 28. The predicted molar refractivity (Wildman–Crippen MR) is 174 cm³/mol. The topological polar surface area (TPSA) is 93.1 Å². The van der Waals surface area contributed by atoms with E-state index in [9.17, 15) is 19.8 Å². The Morgan fingerprint density at radius 3 is 1.81 bits per heavy atom. The minimum absolute atomic E-state index is 0.123. The highest BCUT2D eigenvalue weighted by molar-refractivity contribution is 5.70. The molecule has 0 aliphatic carbocycles. The van der Waals surface area contributed by atoms with Crippen LogP contribution >= 0.6 is 0 Å². The van der Waals surface area contributed by atoms with Crippen molar-refractivity contribution in [2.45, 2.75) is 142 Å². The Bertz CT molecular complexity index is 780. The molecule has 0 rings (SSSR count). The number of aliphatic hydroxyl groups is 2. The van der Waals surface area contributed by atoms with Gasteiger partial charge in [-0.1, -0.05) is 132 Å². The summed E-state index contributed by atoms with van der Waals surface area (Å²) in [6.45, 7) is 3.81. The number of unbranched alkanes of at least 4 members (excludes halogenated alkanes) is 9. The number of allylic oxidation sites excluding steroid dienone is 9. The Kier molecular flexibility index (Phi) is 29.7. The predicted octanol–water partition coefficient (Wildman–Crippen LogP) is 8.64. The number of carbonyl (C=O) groups is 2. The highest BCUT2D eigenvalue weighted by Gasteiger charge is 2.16. The fourth-order valence-electron chi connectivity index (χ4n) is 4.17. The van der Waals surface area contributed by atoms with Crippen molar-refractivity contribution in [2.75, 3.05) is 13.2 Å². The second-order valence-electron chi connectivity index (χ2n) is 10.7. The van der Waals surface area contributed by atoms with Gasteiger partial charge in [0, 0.05) is 12.8 Å². The molecule has 2 N–H and O–H groups in total. The van der Waals surface area contributed by atoms with Crippen LogP contribution < -0.4 is 0 Å². The van der Waals surface area contributed by atoms with Crippen LogP contribution in [-0.2, 0) is 19.1 Å². The fraction of sp³-hybridized carbons (Fsp3) is 0.667. The average Bonchev–Trinajstić information content (AvgIpc) is 2.98. The summed E-state index contributed by atoms with van der Waals surface area (Å²) in [5, 5.41) is 19.6. The van der Waals surface area contributed by atoms with Gasteiger partial charge in [0.1, 0.15) is 6.61 Å². The molecule has 240 valence electrons. The molecule has 0 bridgehead atoms. The van der Waals surface area contributed by atoms with Crippen molar-refractivity contribution >= 4 is 11.9 Å². The van der Waals surface area contributed by atoms with Crippen LogP contribution in [-0.4, -0.2) is 47.6 Å². The molecule has 0 heterocycles. The highest BCUT2D eigenvalue weighted by atomic mass is 16.6. The van der Waals surface area contributed by atoms with E-state index in [0.717, 1.165) is 44.9 Å². The second-order valence-corrected chi connectivity index (χ2v) is 10.7. The van der Waals surface area contributed by atoms with Gasteiger partial charge >= 0.3 is 11.9 Å². The van der Waals surface area contributed by atoms with Crippen molar-refractivity contribution in [3.8, 4) is 0 Å². The fourth-order valence-corrected chi connectivity index (χ4v) is 4.17. The number of hydrogen-bond donors (Lipinski definition) is 2. The first-order chi connectivity index (χ1) is 20.5. The van der Waals surface area contributed by atoms with E-state index >= 15 is 0 Å². The van der Waals surface area contributed by atoms with Crippen molar-refractivity contribution in [3.05, 3.63) is 60.8 Å². The minimum atomic E-state index is -0.864. The molecule has 0 aliphatic rings. The van der Waals surface area contributed by atoms with E-state index in [2.05, 4.69) is 50.3 Å². The maximum absolute atomic E-state index is 12.1. The van der Waals surface area contributed by atoms with Crippen molar-refractivity contribution in [2.24, 2.45) is 0 Å². The van der Waals surface area contributed by atoms with Gasteiger partial charge in [-0.25, -0.2) is 0 Å². The molecule has 0 spiro atoms. The van der Waals surface area contributed by atoms with Gasteiger partial charge in [-0.05, 0) is 44.9 Å². The summed E-state index contributed by atoms with van der Waals surface area (Å²) in [4.78, 5) is 24.1. The lowest BCUT2D eigenvalue weighted by Crippen LogP contribution is -2.28. The Morgan fingerprint density at radius 1 is 0.667 bits per heavy atom. The number of esters is 2. The maximum atomic E-state index is 12.1. The summed E-state index contributed by atoms with van der Waals surface area (Å²) in [5.41, 5.74) is 0. The summed E-state index contributed by atoms with van der Waals surface area (Å²) >= 11 is 0. The Hall–Kier alpha value is -2.44. The van der Waals surface area contributed by atoms with Crippen molar-refractivity contribution < 1.29 is 29.3 Å². The quantitative estimate of drug-likeness (QED) is 0.0411. The van der Waals surface area contributed by atoms with Crippen LogP contribution in [0.25, 0.3) is 0 Å². The zero-order valence-electron chi connectivity index (χ0n) is 26.6. The van der Waals surface area contributed by atoms with E-state index in [1.54, 1.807) is 6.08 Å². The van der Waals surface area contributed by atoms with E-state index in [1.807, 2.05) is 18.2 Å². The number of ether oxygens (including phenoxy) is 2. The van der Waals surface area contributed by atoms with Gasteiger partial charge in [-0.3, -0.25) is 9.59 Å². The molecule has 0 radical (unpaired) electrons. The SMILES string of the molecule is CC/C=C\C/C=C\C/C=C\C/C=C\C=C\C(O)CCCC(=O)O[C@@H](CO)COC(=O)CCCCCCCCCCCC. The van der Waals surface area contributed by atoms with Crippen LogP contribution in [0.1, 0.15) is 129 Å². The van der Waals surface area contributed by atoms with Crippen LogP contribution in [0.4, 0.5) is 0 Å². The van der Waals surface area contributed by atoms with Crippen LogP contribution in [0, 0.1) is 0 Å². The third-order valence-electron chi connectivity index (χ3n) is 6.68. The molecule has 6 heteroatoms. The van der Waals surface area contributed by atoms with Gasteiger partial charge < -0.3 is 19.7 Å². The normalized spacial score (nSPS) is 13.7. The molecule has 0 aromatic heterocycles. The van der Waals surface area contributed by atoms with E-state index in [0.29, 0.717) is 19.3 Å². The number of hydrogen-bond acceptors (Lipinski definition) is 6. The average molecular weight is 589 g/mol. The maximum Gasteiger partial charge on any atom is 0.306 e. The summed E-state index contributed by atoms with van der Waals surface area (Å²) in [6, 6.07) is 0. The third kappa shape index (κ3) is 29.1. The summed E-state index contributed by atoms with van der Waals surface area (Å²) in [7, 11) is 0. The summed E-state index contributed by atoms with van der Waals surface area (Å²) < 4.78 is 10.4. The molecule has 0 saturated heterocycles. The standard InChI is InChI=1S/C36H60O6/c1-3-5-7-9-11-13-15-16-17-18-20-22-24-27-33(38)28-26-30-36(40)42-34(31-37)32-41-35(39)29-25-23-21-19-14-12-10-8-6-4-2/h5,7,11,13,16-17,20,22,24,27,33-34,37-38H,3-4,6,8-10,12,14-15,18-19,21,23,25-26,28-32H2,1-2H3/b7-5-,13-11-,17-16-,22-20-,27-24+/t33?,34-/m0/s1. The first kappa shape index (κ1) is 39.6. The first-order valence-electron chi connectivity index (χ1n) is 16.5. The zero-order chi connectivity index (χ0) is 30.9. The molecule has 1 unspecified atom stereocenters. The molecule has 2 atom stereocenters. The van der Waals surface area contributed by atoms with Gasteiger partial charge in [0.25, 0.3) is 0 Å². The Labute approximate surface area is 256 Å². The minimum Gasteiger partial charge on any atom is -0.462 e. The Balaban J connectivity index is 3.87. The van der Waals surface area contributed by atoms with Crippen molar-refractivity contribution in [1.82, 2.24) is 0 Å². The number of carbonyl (C=O) groups excluding carboxylic acids is 2. The lowest BCUT2D eigenvalue weighted by Gasteiger charge is -2.16. The lowest BCUT2D eigenvalue weighted by atomic mass is 10.1. The smallest absolute Gasteiger partial charge is 0.306 e. The van der Waals surface area contributed by atoms with Crippen LogP contribution in [0.5, 0.6) is 0 Å². The van der Waals surface area contributed by atoms with Gasteiger partial charge in [0.05, 0.1) is 12.7 Å². The van der Waals surface area contributed by atoms with Gasteiger partial charge in [0.2, 0.25) is 0 Å². The van der Waals surface area contributed by atoms with E-state index in [-0.39, 0.29) is 19.0 Å². The Morgan fingerprint density at radius 2 is 1.21 bits per heavy atom. The molecular weight excluding hydrogens is 528 g/mol. The molecular formula is C36H60O6. The van der Waals surface area contributed by atoms with Crippen LogP contribution in [0.15, 0.2) is 60.8 Å². The molecule has 6 nitrogen and oxygen atoms in total. The van der Waals surface area contributed by atoms with E-state index in [1.165, 1.54) is 44.9 Å². The van der Waals surface area contributed by atoms with Gasteiger partial charge in [-0.15, -0.1) is 0 Å². The second kappa shape index (κ2) is 31.5. The van der Waals surface area contributed by atoms with Crippen LogP contribution in [0.3, 0.4) is 0 Å². The monoisotopic (exact) mass is 588 g/mol. The molecule has 0 fully saturated rings. The summed E-state index contributed by atoms with van der Waals surface area (Å²) in [6.07, 6.45) is 35.9. The molecule has 0 amide bonds. The van der Waals surface area contributed by atoms with Crippen molar-refractivity contribution in [3.63, 3.8) is 0 Å². The van der Waals surface area contributed by atoms with Gasteiger partial charge in [0.15, 0.2) is 6.10 Å². The van der Waals surface area contributed by atoms with Crippen molar-refractivity contribution in [1.29, 1.82) is 0 Å². The molecule has 0 aromatic rings. The largest absolute Gasteiger partial charge is 0.462 e. The molecule has 0 saturated carbocycles. The molecule has 42 heavy (non-hydrogen) atoms. The molecule has 0 aromatic carbocycles. The zero-order valence-corrected chi connectivity index (χ0v) is 26.6. The van der Waals surface area contributed by atoms with E-state index < -0.39 is 24.8 Å². The third-order valence-corrected chi connectivity index (χ3v) is 6.68. The lowest BCUT2D eigenvalue weighted by molar-refractivity contribution is -0.161. The number of aliphatic hydroxyl groups excluding tert-OH is 2. The molecule has 0 aliphatic heterocycles. The summed E-state index contributed by atoms with van der Waals surface area (Å²) in [5.74, 6) is -0.804. The first-order valence-corrected chi connectivity index (χ1v) is 16.5. The van der Waals surface area contributed by atoms with Crippen LogP contribution in [0.2, 0.25) is 0 Å². The van der Waals surface area contributed by atoms with E-state index in [4.69, 9.17) is 9.47 Å². The van der Waals surface area contributed by atoms with Gasteiger partial charge in [-0.2, -0.15) is 0 Å². The highest BCUT2D eigenvalue weighted by Crippen LogP contribution is 2.12.